The van der Waals surface area contributed by atoms with E-state index in [4.69, 9.17) is 0 Å². The van der Waals surface area contributed by atoms with Crippen LogP contribution in [-0.2, 0) is 0 Å². The molecule has 0 heterocycles. The summed E-state index contributed by atoms with van der Waals surface area (Å²) in [6, 6.07) is 0. The first-order chi connectivity index (χ1) is 8.15. The van der Waals surface area contributed by atoms with Crippen molar-refractivity contribution in [3.8, 4) is 0 Å². The van der Waals surface area contributed by atoms with Crippen molar-refractivity contribution in [3.05, 3.63) is 0 Å². The average molecular weight is 236 g/mol. The van der Waals surface area contributed by atoms with Crippen molar-refractivity contribution >= 4 is 0 Å². The van der Waals surface area contributed by atoms with Crippen LogP contribution >= 0.6 is 0 Å². The number of hydrogen-bond acceptors (Lipinski definition) is 0. The smallest absolute Gasteiger partial charge is 0.0411 e. The molecule has 0 spiro atoms. The van der Waals surface area contributed by atoms with Gasteiger partial charge in [-0.05, 0) is 42.4 Å². The zero-order valence-corrected chi connectivity index (χ0v) is 12.3. The van der Waals surface area contributed by atoms with E-state index in [9.17, 15) is 0 Å². The Labute approximate surface area is 109 Å². The second-order valence-corrected chi connectivity index (χ2v) is 7.35. The molecule has 0 heteroatoms. The van der Waals surface area contributed by atoms with Crippen LogP contribution in [0, 0.1) is 29.6 Å². The Bertz CT molecular complexity index is 220. The molecule has 0 radical (unpaired) electrons. The van der Waals surface area contributed by atoms with E-state index in [1.807, 2.05) is 0 Å². The van der Waals surface area contributed by atoms with Gasteiger partial charge in [0.05, 0.1) is 0 Å². The van der Waals surface area contributed by atoms with Gasteiger partial charge in [0.2, 0.25) is 0 Å². The molecule has 2 rings (SSSR count). The lowest BCUT2D eigenvalue weighted by Gasteiger charge is -2.34. The van der Waals surface area contributed by atoms with E-state index in [0.29, 0.717) is 0 Å². The molecule has 0 bridgehead atoms. The fourth-order valence-corrected chi connectivity index (χ4v) is 4.21. The maximum absolute atomic E-state index is 2.47. The minimum Gasteiger partial charge on any atom is -0.0625 e. The van der Waals surface area contributed by atoms with Crippen LogP contribution in [0.15, 0.2) is 0 Å². The molecule has 100 valence electrons. The standard InChI is InChI=1S/C17H32/c1-13-5-4-6-16(11-13)9-10-17-8-7-14(2)15(3)12-17/h13-17H,4-12H2,1-3H3. The molecule has 2 aliphatic rings. The molecule has 0 aliphatic heterocycles. The van der Waals surface area contributed by atoms with Gasteiger partial charge >= 0.3 is 0 Å². The van der Waals surface area contributed by atoms with E-state index in [-0.39, 0.29) is 0 Å². The predicted octanol–water partition coefficient (Wildman–Crippen LogP) is 5.67. The minimum absolute atomic E-state index is 0.985. The van der Waals surface area contributed by atoms with Gasteiger partial charge in [-0.15, -0.1) is 0 Å². The highest BCUT2D eigenvalue weighted by Gasteiger charge is 2.26. The number of hydrogen-bond donors (Lipinski definition) is 0. The molecule has 2 aliphatic carbocycles. The largest absolute Gasteiger partial charge is 0.0625 e. The van der Waals surface area contributed by atoms with E-state index >= 15 is 0 Å². The quantitative estimate of drug-likeness (QED) is 0.592. The summed E-state index contributed by atoms with van der Waals surface area (Å²) in [5.41, 5.74) is 0. The molecular formula is C17H32. The van der Waals surface area contributed by atoms with Crippen molar-refractivity contribution in [2.75, 3.05) is 0 Å². The van der Waals surface area contributed by atoms with Gasteiger partial charge in [0, 0.05) is 0 Å². The summed E-state index contributed by atoms with van der Waals surface area (Å²) in [6.45, 7) is 7.37. The molecule has 2 fully saturated rings. The van der Waals surface area contributed by atoms with E-state index in [2.05, 4.69) is 20.8 Å². The second kappa shape index (κ2) is 6.25. The van der Waals surface area contributed by atoms with Crippen molar-refractivity contribution in [3.63, 3.8) is 0 Å². The summed E-state index contributed by atoms with van der Waals surface area (Å²) in [7, 11) is 0. The van der Waals surface area contributed by atoms with Gasteiger partial charge in [-0.25, -0.2) is 0 Å². The summed E-state index contributed by atoms with van der Waals surface area (Å²) < 4.78 is 0. The van der Waals surface area contributed by atoms with Crippen LogP contribution in [0.3, 0.4) is 0 Å². The van der Waals surface area contributed by atoms with Crippen LogP contribution in [0.2, 0.25) is 0 Å². The molecule has 0 N–H and O–H groups in total. The van der Waals surface area contributed by atoms with Crippen molar-refractivity contribution in [1.82, 2.24) is 0 Å². The third-order valence-corrected chi connectivity index (χ3v) is 5.73. The SMILES string of the molecule is CC1CCCC(CCC2CCC(C)C(C)C2)C1. The summed E-state index contributed by atoms with van der Waals surface area (Å²) in [4.78, 5) is 0. The van der Waals surface area contributed by atoms with Crippen LogP contribution in [0.5, 0.6) is 0 Å². The van der Waals surface area contributed by atoms with Crippen LogP contribution in [0.4, 0.5) is 0 Å². The average Bonchev–Trinajstić information content (AvgIpc) is 2.31. The maximum atomic E-state index is 2.47. The van der Waals surface area contributed by atoms with E-state index < -0.39 is 0 Å². The fraction of sp³-hybridized carbons (Fsp3) is 1.00. The minimum atomic E-state index is 0.985. The molecule has 5 unspecified atom stereocenters. The van der Waals surface area contributed by atoms with E-state index in [1.54, 1.807) is 0 Å². The fourth-order valence-electron chi connectivity index (χ4n) is 4.21. The highest BCUT2D eigenvalue weighted by atomic mass is 14.3. The topological polar surface area (TPSA) is 0 Å². The Balaban J connectivity index is 1.67. The van der Waals surface area contributed by atoms with Gasteiger partial charge in [-0.1, -0.05) is 65.7 Å². The molecular weight excluding hydrogens is 204 g/mol. The van der Waals surface area contributed by atoms with Crippen molar-refractivity contribution in [2.45, 2.75) is 78.6 Å². The van der Waals surface area contributed by atoms with Crippen LogP contribution < -0.4 is 0 Å². The Kier molecular flexibility index (Phi) is 4.94. The van der Waals surface area contributed by atoms with Crippen LogP contribution in [0.25, 0.3) is 0 Å². The summed E-state index contributed by atoms with van der Waals surface area (Å²) in [5, 5.41) is 0. The van der Waals surface area contributed by atoms with E-state index in [0.717, 1.165) is 29.6 Å². The molecule has 0 aromatic carbocycles. The Hall–Kier alpha value is 0. The first-order valence-electron chi connectivity index (χ1n) is 8.15. The lowest BCUT2D eigenvalue weighted by molar-refractivity contribution is 0.180. The van der Waals surface area contributed by atoms with Crippen LogP contribution in [-0.4, -0.2) is 0 Å². The first kappa shape index (κ1) is 13.4. The molecule has 0 nitrogen and oxygen atoms in total. The van der Waals surface area contributed by atoms with Crippen molar-refractivity contribution in [1.29, 1.82) is 0 Å². The summed E-state index contributed by atoms with van der Waals surface area (Å²) in [6.07, 6.45) is 13.7. The molecule has 2 saturated carbocycles. The third kappa shape index (κ3) is 4.00. The number of rotatable bonds is 3. The van der Waals surface area contributed by atoms with Crippen molar-refractivity contribution in [2.24, 2.45) is 29.6 Å². The van der Waals surface area contributed by atoms with Gasteiger partial charge in [0.1, 0.15) is 0 Å². The maximum Gasteiger partial charge on any atom is -0.0411 e. The Morgan fingerprint density at radius 3 is 2.06 bits per heavy atom. The zero-order chi connectivity index (χ0) is 12.3. The normalized spacial score (nSPS) is 43.6. The molecule has 0 aromatic heterocycles. The Morgan fingerprint density at radius 2 is 1.41 bits per heavy atom. The summed E-state index contributed by atoms with van der Waals surface area (Å²) in [5.74, 6) is 5.13. The van der Waals surface area contributed by atoms with Gasteiger partial charge in [0.15, 0.2) is 0 Å². The zero-order valence-electron chi connectivity index (χ0n) is 12.3. The van der Waals surface area contributed by atoms with E-state index in [1.165, 1.54) is 57.8 Å². The van der Waals surface area contributed by atoms with Crippen molar-refractivity contribution < 1.29 is 0 Å². The van der Waals surface area contributed by atoms with Gasteiger partial charge in [-0.3, -0.25) is 0 Å². The van der Waals surface area contributed by atoms with Gasteiger partial charge in [0.25, 0.3) is 0 Å². The lowest BCUT2D eigenvalue weighted by atomic mass is 9.72. The highest BCUT2D eigenvalue weighted by Crippen LogP contribution is 2.38. The monoisotopic (exact) mass is 236 g/mol. The second-order valence-electron chi connectivity index (χ2n) is 7.35. The molecule has 17 heavy (non-hydrogen) atoms. The Morgan fingerprint density at radius 1 is 0.706 bits per heavy atom. The van der Waals surface area contributed by atoms with Gasteiger partial charge in [-0.2, -0.15) is 0 Å². The lowest BCUT2D eigenvalue weighted by Crippen LogP contribution is -2.22. The highest BCUT2D eigenvalue weighted by molar-refractivity contribution is 4.77. The molecule has 5 atom stereocenters. The molecule has 0 saturated heterocycles. The first-order valence-corrected chi connectivity index (χ1v) is 8.15. The molecule has 0 amide bonds. The van der Waals surface area contributed by atoms with Gasteiger partial charge < -0.3 is 0 Å². The third-order valence-electron chi connectivity index (χ3n) is 5.73. The van der Waals surface area contributed by atoms with Crippen LogP contribution in [0.1, 0.15) is 78.6 Å². The summed E-state index contributed by atoms with van der Waals surface area (Å²) >= 11 is 0. The predicted molar refractivity (Wildman–Crippen MR) is 76.0 cm³/mol. The molecule has 0 aromatic rings.